The van der Waals surface area contributed by atoms with E-state index in [1.54, 1.807) is 6.07 Å². The first kappa shape index (κ1) is 11.5. The fraction of sp³-hybridized carbons (Fsp3) is 0.455. The number of piperidine rings is 1. The summed E-state index contributed by atoms with van der Waals surface area (Å²) in [6.07, 6.45) is 2.08. The molecule has 0 unspecified atom stereocenters. The first-order chi connectivity index (χ1) is 7.70. The molecule has 1 aromatic rings. The molecule has 0 aromatic heterocycles. The van der Waals surface area contributed by atoms with Crippen molar-refractivity contribution < 1.29 is 4.92 Å². The molecule has 0 spiro atoms. The van der Waals surface area contributed by atoms with Crippen LogP contribution in [0.1, 0.15) is 24.3 Å². The van der Waals surface area contributed by atoms with Crippen molar-refractivity contribution in [2.75, 3.05) is 13.1 Å². The maximum Gasteiger partial charge on any atom is 0.283 e. The molecule has 0 atom stereocenters. The highest BCUT2D eigenvalue weighted by Crippen LogP contribution is 2.36. The lowest BCUT2D eigenvalue weighted by atomic mass is 9.90. The van der Waals surface area contributed by atoms with Gasteiger partial charge in [0.15, 0.2) is 0 Å². The molecule has 16 heavy (non-hydrogen) atoms. The number of benzene rings is 1. The van der Waals surface area contributed by atoms with Crippen molar-refractivity contribution in [3.63, 3.8) is 0 Å². The SMILES string of the molecule is O=[N+]([O-])c1cccc(C2CCNCC2)c1Br. The van der Waals surface area contributed by atoms with E-state index in [0.29, 0.717) is 10.4 Å². The molecule has 0 amide bonds. The summed E-state index contributed by atoms with van der Waals surface area (Å²) in [6.45, 7) is 1.97. The molecule has 2 rings (SSSR count). The lowest BCUT2D eigenvalue weighted by molar-refractivity contribution is -0.385. The van der Waals surface area contributed by atoms with Gasteiger partial charge >= 0.3 is 0 Å². The fourth-order valence-electron chi connectivity index (χ4n) is 2.13. The molecule has 5 heteroatoms. The van der Waals surface area contributed by atoms with Crippen molar-refractivity contribution >= 4 is 21.6 Å². The lowest BCUT2D eigenvalue weighted by Gasteiger charge is -2.23. The molecule has 1 N–H and O–H groups in total. The van der Waals surface area contributed by atoms with Crippen LogP contribution in [-0.4, -0.2) is 18.0 Å². The molecule has 0 saturated carbocycles. The minimum Gasteiger partial charge on any atom is -0.317 e. The molecule has 1 aliphatic rings. The van der Waals surface area contributed by atoms with Gasteiger partial charge in [-0.25, -0.2) is 0 Å². The van der Waals surface area contributed by atoms with Crippen LogP contribution in [0.15, 0.2) is 22.7 Å². The third-order valence-electron chi connectivity index (χ3n) is 2.98. The average molecular weight is 285 g/mol. The predicted octanol–water partition coefficient (Wildman–Crippen LogP) is 2.82. The lowest BCUT2D eigenvalue weighted by Crippen LogP contribution is -2.26. The van der Waals surface area contributed by atoms with Gasteiger partial charge in [-0.05, 0) is 53.3 Å². The Hall–Kier alpha value is -0.940. The standard InChI is InChI=1S/C11H13BrN2O2/c12-11-9(8-4-6-13-7-5-8)2-1-3-10(11)14(15)16/h1-3,8,13H,4-7H2. The Labute approximate surface area is 102 Å². The first-order valence-corrected chi connectivity index (χ1v) is 6.13. The molecule has 1 aromatic carbocycles. The molecule has 0 radical (unpaired) electrons. The number of nitrogens with one attached hydrogen (secondary N) is 1. The van der Waals surface area contributed by atoms with E-state index in [0.717, 1.165) is 31.5 Å². The average Bonchev–Trinajstić information content (AvgIpc) is 2.30. The van der Waals surface area contributed by atoms with Gasteiger partial charge < -0.3 is 5.32 Å². The summed E-state index contributed by atoms with van der Waals surface area (Å²) in [5, 5.41) is 14.1. The van der Waals surface area contributed by atoms with Gasteiger partial charge in [-0.3, -0.25) is 10.1 Å². The molecule has 1 heterocycles. The quantitative estimate of drug-likeness (QED) is 0.671. The normalized spacial score (nSPS) is 17.3. The van der Waals surface area contributed by atoms with Crippen LogP contribution in [0.25, 0.3) is 0 Å². The van der Waals surface area contributed by atoms with Gasteiger partial charge in [0.2, 0.25) is 0 Å². The summed E-state index contributed by atoms with van der Waals surface area (Å²) in [4.78, 5) is 10.5. The van der Waals surface area contributed by atoms with Gasteiger partial charge in [-0.2, -0.15) is 0 Å². The van der Waals surface area contributed by atoms with Crippen LogP contribution in [0.2, 0.25) is 0 Å². The van der Waals surface area contributed by atoms with E-state index in [2.05, 4.69) is 21.2 Å². The molecular weight excluding hydrogens is 272 g/mol. The van der Waals surface area contributed by atoms with E-state index in [1.807, 2.05) is 6.07 Å². The van der Waals surface area contributed by atoms with E-state index in [-0.39, 0.29) is 10.6 Å². The summed E-state index contributed by atoms with van der Waals surface area (Å²) in [5.41, 5.74) is 1.23. The topological polar surface area (TPSA) is 55.2 Å². The van der Waals surface area contributed by atoms with Crippen LogP contribution in [0.5, 0.6) is 0 Å². The first-order valence-electron chi connectivity index (χ1n) is 5.33. The van der Waals surface area contributed by atoms with Gasteiger partial charge in [0.25, 0.3) is 5.69 Å². The summed E-state index contributed by atoms with van der Waals surface area (Å²) in [5.74, 6) is 0.426. The van der Waals surface area contributed by atoms with Gasteiger partial charge in [-0.1, -0.05) is 12.1 Å². The summed E-state index contributed by atoms with van der Waals surface area (Å²) >= 11 is 3.36. The molecule has 1 aliphatic heterocycles. The van der Waals surface area contributed by atoms with E-state index in [4.69, 9.17) is 0 Å². The summed E-state index contributed by atoms with van der Waals surface area (Å²) in [6, 6.07) is 5.28. The number of nitro groups is 1. The summed E-state index contributed by atoms with van der Waals surface area (Å²) < 4.78 is 0.645. The van der Waals surface area contributed by atoms with E-state index < -0.39 is 0 Å². The zero-order chi connectivity index (χ0) is 11.5. The van der Waals surface area contributed by atoms with Crippen molar-refractivity contribution in [1.82, 2.24) is 5.32 Å². The summed E-state index contributed by atoms with van der Waals surface area (Å²) in [7, 11) is 0. The Morgan fingerprint density at radius 2 is 2.06 bits per heavy atom. The van der Waals surface area contributed by atoms with Crippen LogP contribution in [-0.2, 0) is 0 Å². The molecule has 0 aliphatic carbocycles. The number of hydrogen-bond donors (Lipinski definition) is 1. The second-order valence-corrected chi connectivity index (χ2v) is 4.75. The molecule has 4 nitrogen and oxygen atoms in total. The van der Waals surface area contributed by atoms with Crippen LogP contribution in [0, 0.1) is 10.1 Å². The highest BCUT2D eigenvalue weighted by atomic mass is 79.9. The van der Waals surface area contributed by atoms with Gasteiger partial charge in [0.1, 0.15) is 0 Å². The largest absolute Gasteiger partial charge is 0.317 e. The minimum absolute atomic E-state index is 0.163. The zero-order valence-electron chi connectivity index (χ0n) is 8.78. The third kappa shape index (κ3) is 2.25. The second-order valence-electron chi connectivity index (χ2n) is 3.96. The van der Waals surface area contributed by atoms with Gasteiger partial charge in [-0.15, -0.1) is 0 Å². The van der Waals surface area contributed by atoms with Crippen LogP contribution in [0.3, 0.4) is 0 Å². The Bertz CT molecular complexity index is 403. The fourth-order valence-corrected chi connectivity index (χ4v) is 2.86. The third-order valence-corrected chi connectivity index (χ3v) is 3.85. The number of nitrogens with zero attached hydrogens (tertiary/aromatic N) is 1. The van der Waals surface area contributed by atoms with Gasteiger partial charge in [0.05, 0.1) is 9.40 Å². The Balaban J connectivity index is 2.33. The highest BCUT2D eigenvalue weighted by Gasteiger charge is 2.22. The maximum absolute atomic E-state index is 10.8. The van der Waals surface area contributed by atoms with E-state index in [9.17, 15) is 10.1 Å². The molecule has 86 valence electrons. The maximum atomic E-state index is 10.8. The monoisotopic (exact) mass is 284 g/mol. The van der Waals surface area contributed by atoms with Crippen molar-refractivity contribution in [2.45, 2.75) is 18.8 Å². The van der Waals surface area contributed by atoms with Crippen molar-refractivity contribution in [1.29, 1.82) is 0 Å². The van der Waals surface area contributed by atoms with Crippen LogP contribution < -0.4 is 5.32 Å². The zero-order valence-corrected chi connectivity index (χ0v) is 10.4. The second kappa shape index (κ2) is 4.93. The van der Waals surface area contributed by atoms with E-state index >= 15 is 0 Å². The Kier molecular flexibility index (Phi) is 3.56. The number of hydrogen-bond acceptors (Lipinski definition) is 3. The number of rotatable bonds is 2. The predicted molar refractivity (Wildman–Crippen MR) is 65.6 cm³/mol. The van der Waals surface area contributed by atoms with E-state index in [1.165, 1.54) is 6.07 Å². The Morgan fingerprint density at radius 3 is 2.69 bits per heavy atom. The van der Waals surface area contributed by atoms with Crippen molar-refractivity contribution in [3.05, 3.63) is 38.3 Å². The minimum atomic E-state index is -0.339. The van der Waals surface area contributed by atoms with Crippen molar-refractivity contribution in [2.24, 2.45) is 0 Å². The van der Waals surface area contributed by atoms with Gasteiger partial charge in [0, 0.05) is 6.07 Å². The molecule has 1 fully saturated rings. The molecular formula is C11H13BrN2O2. The Morgan fingerprint density at radius 1 is 1.38 bits per heavy atom. The number of halogens is 1. The molecule has 0 bridgehead atoms. The van der Waals surface area contributed by atoms with Crippen molar-refractivity contribution in [3.8, 4) is 0 Å². The van der Waals surface area contributed by atoms with Crippen LogP contribution >= 0.6 is 15.9 Å². The highest BCUT2D eigenvalue weighted by molar-refractivity contribution is 9.10. The van der Waals surface area contributed by atoms with Crippen LogP contribution in [0.4, 0.5) is 5.69 Å². The number of nitro benzene ring substituents is 1. The smallest absolute Gasteiger partial charge is 0.283 e. The molecule has 1 saturated heterocycles.